The molecule has 0 spiro atoms. The van der Waals surface area contributed by atoms with Crippen molar-refractivity contribution in [1.29, 1.82) is 5.26 Å². The standard InChI is InChI=1S/C26H42FN/c1-2-3-4-5-6-8-22-11-15-24(16-12-22)19-20-25-17-13-23(14-18-25)9-7-10-26(27)21-28/h7,9-10,22-25H,2-6,8,11-20H2,1H3. The highest BCUT2D eigenvalue weighted by atomic mass is 19.1. The highest BCUT2D eigenvalue weighted by Crippen LogP contribution is 2.38. The van der Waals surface area contributed by atoms with Crippen LogP contribution in [0.1, 0.15) is 110 Å². The second-order valence-corrected chi connectivity index (χ2v) is 9.46. The predicted molar refractivity (Wildman–Crippen MR) is 117 cm³/mol. The van der Waals surface area contributed by atoms with Gasteiger partial charge in [-0.3, -0.25) is 0 Å². The normalized spacial score (nSPS) is 29.1. The molecule has 2 saturated carbocycles. The smallest absolute Gasteiger partial charge is 0.195 e. The largest absolute Gasteiger partial charge is 0.199 e. The van der Waals surface area contributed by atoms with Crippen LogP contribution in [0, 0.1) is 35.0 Å². The molecule has 0 radical (unpaired) electrons. The number of unbranched alkanes of at least 4 members (excludes halogenated alkanes) is 4. The average molecular weight is 388 g/mol. The molecule has 28 heavy (non-hydrogen) atoms. The van der Waals surface area contributed by atoms with Crippen molar-refractivity contribution in [3.63, 3.8) is 0 Å². The maximum absolute atomic E-state index is 12.8. The molecule has 2 heteroatoms. The zero-order valence-electron chi connectivity index (χ0n) is 18.2. The van der Waals surface area contributed by atoms with Gasteiger partial charge in [-0.15, -0.1) is 0 Å². The second kappa shape index (κ2) is 14.0. The van der Waals surface area contributed by atoms with Crippen LogP contribution in [0.25, 0.3) is 0 Å². The Hall–Kier alpha value is -1.10. The molecule has 2 fully saturated rings. The lowest BCUT2D eigenvalue weighted by molar-refractivity contribution is 0.219. The molecule has 0 aromatic heterocycles. The highest BCUT2D eigenvalue weighted by molar-refractivity contribution is 5.19. The van der Waals surface area contributed by atoms with Crippen LogP contribution in [0.4, 0.5) is 4.39 Å². The molecule has 2 rings (SSSR count). The van der Waals surface area contributed by atoms with Crippen LogP contribution in [0.15, 0.2) is 24.1 Å². The van der Waals surface area contributed by atoms with Crippen molar-refractivity contribution in [3.05, 3.63) is 24.1 Å². The van der Waals surface area contributed by atoms with Crippen molar-refractivity contribution in [2.24, 2.45) is 23.7 Å². The Morgan fingerprint density at radius 2 is 1.36 bits per heavy atom. The van der Waals surface area contributed by atoms with E-state index in [2.05, 4.69) is 13.0 Å². The first-order valence-electron chi connectivity index (χ1n) is 12.1. The van der Waals surface area contributed by atoms with Crippen LogP contribution in [-0.2, 0) is 0 Å². The van der Waals surface area contributed by atoms with E-state index in [1.807, 2.05) is 0 Å². The Balaban J connectivity index is 1.52. The molecule has 1 nitrogen and oxygen atoms in total. The number of nitrogens with zero attached hydrogens (tertiary/aromatic N) is 1. The first kappa shape index (κ1) is 23.2. The number of hydrogen-bond acceptors (Lipinski definition) is 1. The van der Waals surface area contributed by atoms with Crippen LogP contribution in [0.3, 0.4) is 0 Å². The predicted octanol–water partition coefficient (Wildman–Crippen LogP) is 8.67. The SMILES string of the molecule is CCCCCCCC1CCC(CCC2CCC(C=CC=C(F)C#N)CC2)CC1. The van der Waals surface area contributed by atoms with Crippen LogP contribution < -0.4 is 0 Å². The molecule has 2 aliphatic carbocycles. The summed E-state index contributed by atoms with van der Waals surface area (Å²) in [5.41, 5.74) is 0. The van der Waals surface area contributed by atoms with Gasteiger partial charge in [-0.05, 0) is 55.4 Å². The van der Waals surface area contributed by atoms with Crippen molar-refractivity contribution in [1.82, 2.24) is 0 Å². The van der Waals surface area contributed by atoms with Crippen molar-refractivity contribution in [2.75, 3.05) is 0 Å². The summed E-state index contributed by atoms with van der Waals surface area (Å²) < 4.78 is 12.8. The first-order valence-corrected chi connectivity index (χ1v) is 12.1. The van der Waals surface area contributed by atoms with Crippen molar-refractivity contribution < 1.29 is 4.39 Å². The highest BCUT2D eigenvalue weighted by Gasteiger charge is 2.24. The van der Waals surface area contributed by atoms with E-state index in [4.69, 9.17) is 5.26 Å². The average Bonchev–Trinajstić information content (AvgIpc) is 2.73. The van der Waals surface area contributed by atoms with E-state index in [9.17, 15) is 4.39 Å². The summed E-state index contributed by atoms with van der Waals surface area (Å²) in [6.45, 7) is 2.29. The summed E-state index contributed by atoms with van der Waals surface area (Å²) in [6, 6.07) is 1.52. The lowest BCUT2D eigenvalue weighted by Gasteiger charge is -2.31. The van der Waals surface area contributed by atoms with E-state index in [0.717, 1.165) is 17.8 Å². The van der Waals surface area contributed by atoms with E-state index in [0.29, 0.717) is 5.92 Å². The molecule has 0 unspecified atom stereocenters. The van der Waals surface area contributed by atoms with Gasteiger partial charge in [-0.25, -0.2) is 0 Å². The first-order chi connectivity index (χ1) is 13.7. The minimum atomic E-state index is -0.698. The van der Waals surface area contributed by atoms with E-state index in [1.165, 1.54) is 115 Å². The third-order valence-corrected chi connectivity index (χ3v) is 7.29. The molecule has 0 saturated heterocycles. The fourth-order valence-electron chi connectivity index (χ4n) is 5.32. The minimum absolute atomic E-state index is 0.576. The fourth-order valence-corrected chi connectivity index (χ4v) is 5.32. The summed E-state index contributed by atoms with van der Waals surface area (Å²) in [6.07, 6.45) is 27.6. The van der Waals surface area contributed by atoms with Gasteiger partial charge in [0.1, 0.15) is 6.07 Å². The molecule has 0 atom stereocenters. The van der Waals surface area contributed by atoms with Crippen molar-refractivity contribution >= 4 is 0 Å². The number of halogens is 1. The van der Waals surface area contributed by atoms with E-state index in [1.54, 1.807) is 6.08 Å². The fraction of sp³-hybridized carbons (Fsp3) is 0.808. The third kappa shape index (κ3) is 9.40. The molecule has 0 aromatic rings. The summed E-state index contributed by atoms with van der Waals surface area (Å²) in [5, 5.41) is 8.43. The Bertz CT molecular complexity index is 499. The summed E-state index contributed by atoms with van der Waals surface area (Å²) >= 11 is 0. The molecule has 0 amide bonds. The minimum Gasteiger partial charge on any atom is -0.195 e. The number of allylic oxidation sites excluding steroid dienone is 4. The van der Waals surface area contributed by atoms with Gasteiger partial charge >= 0.3 is 0 Å². The van der Waals surface area contributed by atoms with Crippen LogP contribution in [0.2, 0.25) is 0 Å². The van der Waals surface area contributed by atoms with Crippen LogP contribution in [0.5, 0.6) is 0 Å². The lowest BCUT2D eigenvalue weighted by Crippen LogP contribution is -2.17. The monoisotopic (exact) mass is 387 g/mol. The van der Waals surface area contributed by atoms with Gasteiger partial charge in [0.15, 0.2) is 5.83 Å². The molecule has 158 valence electrons. The Morgan fingerprint density at radius 3 is 1.93 bits per heavy atom. The van der Waals surface area contributed by atoms with Gasteiger partial charge < -0.3 is 0 Å². The van der Waals surface area contributed by atoms with Gasteiger partial charge in [-0.2, -0.15) is 9.65 Å². The molecular weight excluding hydrogens is 345 g/mol. The number of rotatable bonds is 11. The number of hydrogen-bond donors (Lipinski definition) is 0. The molecule has 0 aromatic carbocycles. The van der Waals surface area contributed by atoms with Gasteiger partial charge in [-0.1, -0.05) is 96.1 Å². The van der Waals surface area contributed by atoms with Crippen LogP contribution in [-0.4, -0.2) is 0 Å². The van der Waals surface area contributed by atoms with Crippen LogP contribution >= 0.6 is 0 Å². The molecule has 0 heterocycles. The summed E-state index contributed by atoms with van der Waals surface area (Å²) in [4.78, 5) is 0. The molecule has 2 aliphatic rings. The van der Waals surface area contributed by atoms with Gasteiger partial charge in [0.2, 0.25) is 0 Å². The quantitative estimate of drug-likeness (QED) is 0.197. The second-order valence-electron chi connectivity index (χ2n) is 9.46. The zero-order chi connectivity index (χ0) is 20.0. The van der Waals surface area contributed by atoms with Gasteiger partial charge in [0.25, 0.3) is 0 Å². The van der Waals surface area contributed by atoms with Gasteiger partial charge in [0.05, 0.1) is 0 Å². The molecule has 0 N–H and O–H groups in total. The summed E-state index contributed by atoms with van der Waals surface area (Å²) in [7, 11) is 0. The Kier molecular flexibility index (Phi) is 11.6. The Morgan fingerprint density at radius 1 is 0.821 bits per heavy atom. The summed E-state index contributed by atoms with van der Waals surface area (Å²) in [5.74, 6) is 2.81. The van der Waals surface area contributed by atoms with E-state index >= 15 is 0 Å². The number of nitriles is 1. The van der Waals surface area contributed by atoms with Crippen molar-refractivity contribution in [3.8, 4) is 6.07 Å². The topological polar surface area (TPSA) is 23.8 Å². The van der Waals surface area contributed by atoms with Crippen molar-refractivity contribution in [2.45, 2.75) is 110 Å². The zero-order valence-corrected chi connectivity index (χ0v) is 18.2. The lowest BCUT2D eigenvalue weighted by atomic mass is 9.75. The maximum atomic E-state index is 12.8. The van der Waals surface area contributed by atoms with E-state index < -0.39 is 5.83 Å². The van der Waals surface area contributed by atoms with Gasteiger partial charge in [0, 0.05) is 0 Å². The molecular formula is C26H42FN. The third-order valence-electron chi connectivity index (χ3n) is 7.29. The molecule has 0 bridgehead atoms. The Labute approximate surface area is 173 Å². The molecule has 0 aliphatic heterocycles. The van der Waals surface area contributed by atoms with E-state index in [-0.39, 0.29) is 0 Å². The maximum Gasteiger partial charge on any atom is 0.199 e.